The molecule has 0 aromatic heterocycles. The van der Waals surface area contributed by atoms with Gasteiger partial charge >= 0.3 is 17.4 Å². The van der Waals surface area contributed by atoms with Crippen molar-refractivity contribution in [1.82, 2.24) is 0 Å². The summed E-state index contributed by atoms with van der Waals surface area (Å²) in [6.07, 6.45) is 0. The third-order valence-electron chi connectivity index (χ3n) is 0. The van der Waals surface area contributed by atoms with Crippen molar-refractivity contribution in [2.24, 2.45) is 0 Å². The molecule has 0 aromatic rings. The van der Waals surface area contributed by atoms with Crippen LogP contribution >= 0.6 is 0 Å². The maximum atomic E-state index is 8.41. The Morgan fingerprint density at radius 2 is 0.385 bits per heavy atom. The molecule has 0 spiro atoms. The van der Waals surface area contributed by atoms with Crippen LogP contribution in [0.5, 0.6) is 0 Å². The van der Waals surface area contributed by atoms with Gasteiger partial charge in [-0.3, -0.25) is 0 Å². The van der Waals surface area contributed by atoms with Crippen molar-refractivity contribution in [2.45, 2.75) is 0 Å². The van der Waals surface area contributed by atoms with Gasteiger partial charge in [-0.2, -0.15) is 0 Å². The van der Waals surface area contributed by atoms with Gasteiger partial charge in [0, 0.05) is 0 Å². The SMILES string of the molecule is [Cr+3].[O-][Cl+2]([O-])[O-].[O-][Cl+2]([O-])[O-].[O-][Cl+2]([O-])[O-]. The summed E-state index contributed by atoms with van der Waals surface area (Å²) in [5.41, 5.74) is 0. The van der Waals surface area contributed by atoms with E-state index in [9.17, 15) is 0 Å². The van der Waals surface area contributed by atoms with E-state index in [2.05, 4.69) is 0 Å². The Balaban J connectivity index is -0.0000000450. The smallest absolute Gasteiger partial charge is 0.357 e. The average Bonchev–Trinajstić information content (AvgIpc) is 1.54. The molecule has 0 aliphatic carbocycles. The Morgan fingerprint density at radius 1 is 0.385 bits per heavy atom. The molecule has 13 heavy (non-hydrogen) atoms. The molecule has 9 nitrogen and oxygen atoms in total. The normalized spacial score (nSPS) is 8.31. The van der Waals surface area contributed by atoms with E-state index < -0.39 is 32.4 Å². The summed E-state index contributed by atoms with van der Waals surface area (Å²) in [5, 5.41) is 0. The van der Waals surface area contributed by atoms with E-state index in [0.29, 0.717) is 0 Å². The number of rotatable bonds is 0. The van der Waals surface area contributed by atoms with E-state index in [1.165, 1.54) is 0 Å². The summed E-state index contributed by atoms with van der Waals surface area (Å²) in [6, 6.07) is 0. The van der Waals surface area contributed by atoms with Gasteiger partial charge in [-0.25, -0.2) is 0 Å². The van der Waals surface area contributed by atoms with Gasteiger partial charge in [-0.05, 0) is 0 Å². The van der Waals surface area contributed by atoms with E-state index in [0.717, 1.165) is 0 Å². The van der Waals surface area contributed by atoms with Gasteiger partial charge < -0.3 is 41.9 Å². The summed E-state index contributed by atoms with van der Waals surface area (Å²) < 4.78 is 75.7. The van der Waals surface area contributed by atoms with Crippen molar-refractivity contribution >= 4 is 0 Å². The van der Waals surface area contributed by atoms with Crippen LogP contribution in [0.1, 0.15) is 0 Å². The zero-order valence-corrected chi connectivity index (χ0v) is 8.76. The van der Waals surface area contributed by atoms with Crippen molar-refractivity contribution in [3.63, 3.8) is 0 Å². The maximum Gasteiger partial charge on any atom is 3.00 e. The van der Waals surface area contributed by atoms with Gasteiger partial charge in [0.15, 0.2) is 0 Å². The predicted octanol–water partition coefficient (Wildman–Crippen LogP) is -10.7. The molecule has 0 aliphatic heterocycles. The second-order valence-electron chi connectivity index (χ2n) is 0.567. The van der Waals surface area contributed by atoms with Crippen LogP contribution in [0.25, 0.3) is 0 Å². The van der Waals surface area contributed by atoms with Gasteiger partial charge in [-0.15, -0.1) is 0 Å². The topological polar surface area (TPSA) is 208 Å². The summed E-state index contributed by atoms with van der Waals surface area (Å²) in [5.74, 6) is 0. The van der Waals surface area contributed by atoms with E-state index in [4.69, 9.17) is 41.9 Å². The first-order valence-electron chi connectivity index (χ1n) is 1.39. The van der Waals surface area contributed by atoms with Crippen molar-refractivity contribution < 1.29 is 91.6 Å². The van der Waals surface area contributed by atoms with Gasteiger partial charge in [0.25, 0.3) is 0 Å². The van der Waals surface area contributed by atoms with E-state index in [1.54, 1.807) is 0 Å². The molecule has 1 radical (unpaired) electrons. The summed E-state index contributed by atoms with van der Waals surface area (Å²) in [7, 11) is -8.56. The quantitative estimate of drug-likeness (QED) is 0.415. The Bertz CT molecular complexity index is 43.4. The van der Waals surface area contributed by atoms with Crippen molar-refractivity contribution in [2.75, 3.05) is 0 Å². The second-order valence-corrected chi connectivity index (χ2v) is 1.70. The molecule has 0 N–H and O–H groups in total. The minimum atomic E-state index is -2.85. The van der Waals surface area contributed by atoms with Crippen molar-refractivity contribution in [3.8, 4) is 0 Å². The number of hydrogen-bond donors (Lipinski definition) is 0. The summed E-state index contributed by atoms with van der Waals surface area (Å²) >= 11 is 0. The standard InChI is InChI=1S/3ClO3.Cr/c3*2-1(3)4;/q3*-1;+3. The zero-order valence-electron chi connectivity index (χ0n) is 5.22. The molecule has 0 aromatic carbocycles. The van der Waals surface area contributed by atoms with Gasteiger partial charge in [0.2, 0.25) is 0 Å². The minimum Gasteiger partial charge on any atom is -0.357 e. The third kappa shape index (κ3) is 1460. The Hall–Kier alpha value is 1.04. The first kappa shape index (κ1) is 23.7. The molecular formula is Cl3CrO9. The van der Waals surface area contributed by atoms with Gasteiger partial charge in [0.05, 0.1) is 32.4 Å². The fraction of sp³-hybridized carbons (Fsp3) is 0. The fourth-order valence-corrected chi connectivity index (χ4v) is 0. The van der Waals surface area contributed by atoms with E-state index in [1.807, 2.05) is 0 Å². The monoisotopic (exact) mass is 301 g/mol. The van der Waals surface area contributed by atoms with Crippen LogP contribution in [0.4, 0.5) is 0 Å². The molecule has 13 heteroatoms. The van der Waals surface area contributed by atoms with Crippen LogP contribution in [0.15, 0.2) is 0 Å². The van der Waals surface area contributed by atoms with Crippen LogP contribution in [-0.4, -0.2) is 0 Å². The van der Waals surface area contributed by atoms with Crippen LogP contribution < -0.4 is 41.9 Å². The largest absolute Gasteiger partial charge is 3.00 e. The molecule has 0 unspecified atom stereocenters. The average molecular weight is 302 g/mol. The summed E-state index contributed by atoms with van der Waals surface area (Å²) in [6.45, 7) is 0. The molecule has 0 bridgehead atoms. The zero-order chi connectivity index (χ0) is 10.7. The molecule has 0 fully saturated rings. The molecule has 0 heterocycles. The molecule has 0 saturated carbocycles. The molecule has 0 amide bonds. The van der Waals surface area contributed by atoms with Gasteiger partial charge in [-0.1, -0.05) is 0 Å². The molecule has 0 atom stereocenters. The summed E-state index contributed by atoms with van der Waals surface area (Å²) in [4.78, 5) is 0. The Morgan fingerprint density at radius 3 is 0.385 bits per heavy atom. The minimum absolute atomic E-state index is 0. The van der Waals surface area contributed by atoms with Crippen molar-refractivity contribution in [3.05, 3.63) is 0 Å². The number of hydrogen-bond acceptors (Lipinski definition) is 9. The van der Waals surface area contributed by atoms with Crippen LogP contribution in [0.3, 0.4) is 0 Å². The molecular weight excluding hydrogens is 302 g/mol. The molecule has 0 aliphatic rings. The fourth-order valence-electron chi connectivity index (χ4n) is 0. The molecule has 0 saturated heterocycles. The maximum absolute atomic E-state index is 8.41. The van der Waals surface area contributed by atoms with Gasteiger partial charge in [0.1, 0.15) is 0 Å². The predicted molar refractivity (Wildman–Crippen MR) is 0 cm³/mol. The van der Waals surface area contributed by atoms with Crippen molar-refractivity contribution in [1.29, 1.82) is 0 Å². The van der Waals surface area contributed by atoms with E-state index >= 15 is 0 Å². The third-order valence-corrected chi connectivity index (χ3v) is 0. The second kappa shape index (κ2) is 18.8. The van der Waals surface area contributed by atoms with Crippen LogP contribution in [-0.2, 0) is 17.4 Å². The first-order valence-corrected chi connectivity index (χ1v) is 4.17. The van der Waals surface area contributed by atoms with Crippen LogP contribution in [0, 0.1) is 32.4 Å². The molecule has 81 valence electrons. The number of halogens is 3. The Kier molecular flexibility index (Phi) is 34.2. The van der Waals surface area contributed by atoms with Crippen LogP contribution in [0.2, 0.25) is 0 Å². The molecule has 0 rings (SSSR count). The van der Waals surface area contributed by atoms with E-state index in [-0.39, 0.29) is 17.4 Å². The Labute approximate surface area is 91.8 Å². The first-order chi connectivity index (χ1) is 5.20.